The van der Waals surface area contributed by atoms with E-state index >= 15 is 0 Å². The van der Waals surface area contributed by atoms with E-state index in [0.717, 1.165) is 19.3 Å². The second-order valence-electron chi connectivity index (χ2n) is 2.50. The highest BCUT2D eigenvalue weighted by Crippen LogP contribution is 2.30. The van der Waals surface area contributed by atoms with Crippen LogP contribution in [0, 0.1) is 5.92 Å². The maximum atomic E-state index is 12.5. The van der Waals surface area contributed by atoms with E-state index in [1.54, 1.807) is 0 Å². The molecule has 0 aromatic heterocycles. The van der Waals surface area contributed by atoms with Crippen LogP contribution >= 0.6 is 0 Å². The van der Waals surface area contributed by atoms with E-state index in [0.29, 0.717) is 0 Å². The van der Waals surface area contributed by atoms with Gasteiger partial charge in [0.05, 0.1) is 0 Å². The zero-order chi connectivity index (χ0) is 6.85. The zero-order valence-electron chi connectivity index (χ0n) is 5.14. The second kappa shape index (κ2) is 2.33. The summed E-state index contributed by atoms with van der Waals surface area (Å²) in [7, 11) is 0. The maximum Gasteiger partial charge on any atom is 0.252 e. The van der Waals surface area contributed by atoms with Crippen LogP contribution in [0.15, 0.2) is 0 Å². The number of halogens is 1. The Morgan fingerprint density at radius 1 is 1.67 bits per heavy atom. The summed E-state index contributed by atoms with van der Waals surface area (Å²) in [6, 6.07) is 0. The van der Waals surface area contributed by atoms with Crippen LogP contribution in [-0.2, 0) is 4.79 Å². The van der Waals surface area contributed by atoms with Crippen LogP contribution in [0.1, 0.15) is 19.3 Å². The van der Waals surface area contributed by atoms with Gasteiger partial charge in [0.25, 0.3) is 5.91 Å². The van der Waals surface area contributed by atoms with Crippen molar-refractivity contribution in [2.24, 2.45) is 11.7 Å². The van der Waals surface area contributed by atoms with E-state index in [4.69, 9.17) is 5.73 Å². The van der Waals surface area contributed by atoms with Gasteiger partial charge in [-0.2, -0.15) is 0 Å². The first-order chi connectivity index (χ1) is 4.22. The van der Waals surface area contributed by atoms with Crippen LogP contribution < -0.4 is 5.73 Å². The number of hydrogen-bond acceptors (Lipinski definition) is 1. The number of amides is 1. The number of primary amides is 1. The predicted molar refractivity (Wildman–Crippen MR) is 31.4 cm³/mol. The van der Waals surface area contributed by atoms with Crippen LogP contribution in [-0.4, -0.2) is 12.1 Å². The Kier molecular flexibility index (Phi) is 1.69. The molecule has 1 amide bonds. The van der Waals surface area contributed by atoms with Gasteiger partial charge in [0.15, 0.2) is 6.17 Å². The van der Waals surface area contributed by atoms with Gasteiger partial charge >= 0.3 is 0 Å². The Morgan fingerprint density at radius 2 is 2.22 bits per heavy atom. The Balaban J connectivity index is 2.32. The topological polar surface area (TPSA) is 43.1 Å². The summed E-state index contributed by atoms with van der Waals surface area (Å²) in [5, 5.41) is 0. The maximum absolute atomic E-state index is 12.5. The molecule has 52 valence electrons. The molecule has 0 radical (unpaired) electrons. The van der Waals surface area contributed by atoms with Gasteiger partial charge in [-0.25, -0.2) is 4.39 Å². The van der Waals surface area contributed by atoms with E-state index in [9.17, 15) is 9.18 Å². The molecule has 0 spiro atoms. The van der Waals surface area contributed by atoms with Gasteiger partial charge in [-0.15, -0.1) is 0 Å². The summed E-state index contributed by atoms with van der Waals surface area (Å²) < 4.78 is 12.5. The molecule has 1 atom stereocenters. The van der Waals surface area contributed by atoms with Crippen LogP contribution in [0.5, 0.6) is 0 Å². The average molecular weight is 131 g/mol. The summed E-state index contributed by atoms with van der Waals surface area (Å²) in [6.07, 6.45) is 1.30. The molecule has 1 aliphatic carbocycles. The van der Waals surface area contributed by atoms with Crippen molar-refractivity contribution >= 4 is 5.91 Å². The Morgan fingerprint density at radius 3 is 2.33 bits per heavy atom. The van der Waals surface area contributed by atoms with Crippen LogP contribution in [0.25, 0.3) is 0 Å². The van der Waals surface area contributed by atoms with Gasteiger partial charge in [-0.05, 0) is 18.8 Å². The highest BCUT2D eigenvalue weighted by atomic mass is 19.1. The lowest BCUT2D eigenvalue weighted by atomic mass is 9.82. The van der Waals surface area contributed by atoms with Crippen molar-refractivity contribution in [1.82, 2.24) is 0 Å². The molecule has 1 aliphatic rings. The molecule has 2 N–H and O–H groups in total. The van der Waals surface area contributed by atoms with Gasteiger partial charge in [0.1, 0.15) is 0 Å². The third-order valence-corrected chi connectivity index (χ3v) is 1.84. The van der Waals surface area contributed by atoms with Crippen molar-refractivity contribution in [3.63, 3.8) is 0 Å². The van der Waals surface area contributed by atoms with E-state index in [1.807, 2.05) is 0 Å². The van der Waals surface area contributed by atoms with Crippen LogP contribution in [0.3, 0.4) is 0 Å². The second-order valence-corrected chi connectivity index (χ2v) is 2.50. The van der Waals surface area contributed by atoms with E-state index < -0.39 is 12.1 Å². The van der Waals surface area contributed by atoms with Gasteiger partial charge in [-0.3, -0.25) is 4.79 Å². The van der Waals surface area contributed by atoms with Crippen molar-refractivity contribution in [2.45, 2.75) is 25.4 Å². The Labute approximate surface area is 53.2 Å². The quantitative estimate of drug-likeness (QED) is 0.586. The fourth-order valence-corrected chi connectivity index (χ4v) is 0.965. The van der Waals surface area contributed by atoms with Crippen LogP contribution in [0.4, 0.5) is 4.39 Å². The normalized spacial score (nSPS) is 22.8. The number of hydrogen-bond donors (Lipinski definition) is 1. The summed E-state index contributed by atoms with van der Waals surface area (Å²) in [4.78, 5) is 10.2. The fourth-order valence-electron chi connectivity index (χ4n) is 0.965. The van der Waals surface area contributed by atoms with Gasteiger partial charge < -0.3 is 5.73 Å². The monoisotopic (exact) mass is 131 g/mol. The Bertz CT molecular complexity index is 122. The molecule has 1 unspecified atom stereocenters. The van der Waals surface area contributed by atoms with Crippen molar-refractivity contribution in [2.75, 3.05) is 0 Å². The predicted octanol–water partition coefficient (Wildman–Crippen LogP) is 0.610. The van der Waals surface area contributed by atoms with Gasteiger partial charge in [-0.1, -0.05) is 6.42 Å². The molecular formula is C6H10FNO. The fraction of sp³-hybridized carbons (Fsp3) is 0.833. The lowest BCUT2D eigenvalue weighted by Crippen LogP contribution is -2.35. The number of alkyl halides is 1. The molecule has 1 rings (SSSR count). The summed E-state index contributed by atoms with van der Waals surface area (Å²) in [5.41, 5.74) is 4.73. The molecule has 0 aliphatic heterocycles. The smallest absolute Gasteiger partial charge is 0.252 e. The number of nitrogens with two attached hydrogens (primary N) is 1. The van der Waals surface area contributed by atoms with Gasteiger partial charge in [0, 0.05) is 0 Å². The first kappa shape index (κ1) is 6.52. The van der Waals surface area contributed by atoms with Crippen molar-refractivity contribution in [3.05, 3.63) is 0 Å². The van der Waals surface area contributed by atoms with E-state index in [-0.39, 0.29) is 5.92 Å². The zero-order valence-corrected chi connectivity index (χ0v) is 5.14. The third-order valence-electron chi connectivity index (χ3n) is 1.84. The van der Waals surface area contributed by atoms with Crippen molar-refractivity contribution in [1.29, 1.82) is 0 Å². The largest absolute Gasteiger partial charge is 0.367 e. The molecule has 9 heavy (non-hydrogen) atoms. The standard InChI is InChI=1S/C6H10FNO/c7-5(6(8)9)4-2-1-3-4/h4-5H,1-3H2,(H2,8,9). The molecule has 3 heteroatoms. The number of carbonyl (C=O) groups excluding carboxylic acids is 1. The molecule has 1 fully saturated rings. The highest BCUT2D eigenvalue weighted by Gasteiger charge is 2.30. The Hall–Kier alpha value is -0.600. The SMILES string of the molecule is NC(=O)C(F)C1CCC1. The first-order valence-electron chi connectivity index (χ1n) is 3.15. The molecule has 0 aromatic carbocycles. The third kappa shape index (κ3) is 1.20. The first-order valence-corrected chi connectivity index (χ1v) is 3.15. The molecule has 2 nitrogen and oxygen atoms in total. The van der Waals surface area contributed by atoms with Crippen molar-refractivity contribution < 1.29 is 9.18 Å². The number of rotatable bonds is 2. The van der Waals surface area contributed by atoms with E-state index in [1.165, 1.54) is 0 Å². The molecule has 1 saturated carbocycles. The van der Waals surface area contributed by atoms with Gasteiger partial charge in [0.2, 0.25) is 0 Å². The lowest BCUT2D eigenvalue weighted by molar-refractivity contribution is -0.125. The molecule has 0 heterocycles. The number of carbonyl (C=O) groups is 1. The molecular weight excluding hydrogens is 121 g/mol. The minimum Gasteiger partial charge on any atom is -0.367 e. The van der Waals surface area contributed by atoms with Crippen LogP contribution in [0.2, 0.25) is 0 Å². The lowest BCUT2D eigenvalue weighted by Gasteiger charge is -2.26. The summed E-state index contributed by atoms with van der Waals surface area (Å²) >= 11 is 0. The average Bonchev–Trinajstić information content (AvgIpc) is 1.60. The minimum atomic E-state index is -1.39. The minimum absolute atomic E-state index is 0.0671. The van der Waals surface area contributed by atoms with Crippen molar-refractivity contribution in [3.8, 4) is 0 Å². The summed E-state index contributed by atoms with van der Waals surface area (Å²) in [6.45, 7) is 0. The van der Waals surface area contributed by atoms with E-state index in [2.05, 4.69) is 0 Å². The summed E-state index contributed by atoms with van der Waals surface area (Å²) in [5.74, 6) is -0.873. The molecule has 0 aromatic rings. The molecule has 0 bridgehead atoms. The molecule has 0 saturated heterocycles. The highest BCUT2D eigenvalue weighted by molar-refractivity contribution is 5.79.